The van der Waals surface area contributed by atoms with Gasteiger partial charge in [0.1, 0.15) is 11.5 Å². The van der Waals surface area contributed by atoms with Crippen LogP contribution in [0.2, 0.25) is 0 Å². The second-order valence-corrected chi connectivity index (χ2v) is 8.65. The van der Waals surface area contributed by atoms with Crippen molar-refractivity contribution >= 4 is 22.6 Å². The highest BCUT2D eigenvalue weighted by Gasteiger charge is 2.41. The minimum Gasteiger partial charge on any atom is -0.497 e. The van der Waals surface area contributed by atoms with Crippen LogP contribution in [-0.2, 0) is 4.79 Å². The third-order valence-corrected chi connectivity index (χ3v) is 6.46. The van der Waals surface area contributed by atoms with Crippen molar-refractivity contribution in [3.05, 3.63) is 59.3 Å². The van der Waals surface area contributed by atoms with Crippen molar-refractivity contribution < 1.29 is 28.2 Å². The highest BCUT2D eigenvalue weighted by molar-refractivity contribution is 6.03. The Bertz CT molecular complexity index is 1400. The van der Waals surface area contributed by atoms with Gasteiger partial charge in [-0.15, -0.1) is 0 Å². The van der Waals surface area contributed by atoms with Crippen LogP contribution in [-0.4, -0.2) is 49.8 Å². The van der Waals surface area contributed by atoms with Crippen molar-refractivity contribution in [2.75, 3.05) is 20.8 Å². The number of nitrogens with one attached hydrogen (secondary N) is 1. The van der Waals surface area contributed by atoms with Gasteiger partial charge in [-0.05, 0) is 36.8 Å². The number of carbonyl (C=O) groups excluding carboxylic acids is 2. The molecule has 4 rings (SSSR count). The van der Waals surface area contributed by atoms with Gasteiger partial charge in [0.05, 0.1) is 32.0 Å². The van der Waals surface area contributed by atoms with Crippen LogP contribution in [0.25, 0.3) is 10.8 Å². The van der Waals surface area contributed by atoms with E-state index in [-0.39, 0.29) is 24.0 Å². The number of alkyl halides is 1. The average molecular weight is 506 g/mol. The standard InChI is InChI=1S/C28H28FN3O5/c1-4-19-23(32-27(34)25(19)29)10-11-37-28-21-14-24(36-3)22(26(30)33)13-20(21)17(15-31-28)9-8-16-6-5-7-18(12-16)35-2/h5-7,12-15,19,23,25H,4,10-11H2,1-3H3,(H2,30,33)(H,32,34)/t19-,23+,25-/m0/s1. The van der Waals surface area contributed by atoms with E-state index in [0.29, 0.717) is 40.8 Å². The molecule has 2 heterocycles. The topological polar surface area (TPSA) is 113 Å². The van der Waals surface area contributed by atoms with E-state index in [1.807, 2.05) is 31.2 Å². The van der Waals surface area contributed by atoms with E-state index in [9.17, 15) is 14.0 Å². The Balaban J connectivity index is 1.68. The SMILES string of the molecule is CC[C@@H]1[C@H](F)C(=O)N[C@@H]1CCOc1ncc(C#Cc2cccc(OC)c2)c2cc(C(N)=O)c(OC)cc12. The fourth-order valence-corrected chi connectivity index (χ4v) is 4.49. The van der Waals surface area contributed by atoms with Gasteiger partial charge >= 0.3 is 0 Å². The van der Waals surface area contributed by atoms with Crippen molar-refractivity contribution in [2.45, 2.75) is 32.0 Å². The fraction of sp³-hybridized carbons (Fsp3) is 0.321. The minimum atomic E-state index is -1.51. The molecule has 1 aromatic heterocycles. The molecular formula is C28H28FN3O5. The molecule has 1 saturated heterocycles. The van der Waals surface area contributed by atoms with E-state index >= 15 is 0 Å². The Labute approximate surface area is 214 Å². The van der Waals surface area contributed by atoms with Crippen LogP contribution in [0.1, 0.15) is 41.3 Å². The van der Waals surface area contributed by atoms with Crippen molar-refractivity contribution in [3.63, 3.8) is 0 Å². The van der Waals surface area contributed by atoms with E-state index in [2.05, 4.69) is 22.1 Å². The summed E-state index contributed by atoms with van der Waals surface area (Å²) in [7, 11) is 3.02. The molecule has 192 valence electrons. The van der Waals surface area contributed by atoms with Gasteiger partial charge in [0.25, 0.3) is 11.8 Å². The number of hydrogen-bond acceptors (Lipinski definition) is 6. The highest BCUT2D eigenvalue weighted by Crippen LogP contribution is 2.33. The van der Waals surface area contributed by atoms with E-state index in [1.54, 1.807) is 25.4 Å². The first-order valence-electron chi connectivity index (χ1n) is 11.9. The van der Waals surface area contributed by atoms with Gasteiger partial charge in [0.2, 0.25) is 5.88 Å². The number of pyridine rings is 1. The van der Waals surface area contributed by atoms with E-state index in [4.69, 9.17) is 19.9 Å². The van der Waals surface area contributed by atoms with Gasteiger partial charge in [0.15, 0.2) is 6.17 Å². The summed E-state index contributed by atoms with van der Waals surface area (Å²) in [5, 5.41) is 3.89. The molecule has 9 heteroatoms. The van der Waals surface area contributed by atoms with Gasteiger partial charge in [-0.25, -0.2) is 9.37 Å². The molecule has 0 radical (unpaired) electrons. The maximum Gasteiger partial charge on any atom is 0.255 e. The van der Waals surface area contributed by atoms with Crippen molar-refractivity contribution in [3.8, 4) is 29.2 Å². The maximum atomic E-state index is 14.1. The van der Waals surface area contributed by atoms with Gasteiger partial charge < -0.3 is 25.3 Å². The number of amides is 2. The fourth-order valence-electron chi connectivity index (χ4n) is 4.49. The second-order valence-electron chi connectivity index (χ2n) is 8.65. The Morgan fingerprint density at radius 2 is 1.97 bits per heavy atom. The number of ether oxygens (including phenoxy) is 3. The lowest BCUT2D eigenvalue weighted by Gasteiger charge is -2.18. The molecule has 0 bridgehead atoms. The molecule has 2 amide bonds. The zero-order chi connectivity index (χ0) is 26.5. The van der Waals surface area contributed by atoms with Crippen LogP contribution in [0, 0.1) is 17.8 Å². The number of aromatic nitrogens is 1. The first kappa shape index (κ1) is 25.8. The predicted molar refractivity (Wildman–Crippen MR) is 137 cm³/mol. The normalized spacial score (nSPS) is 18.6. The number of rotatable bonds is 8. The molecule has 3 aromatic rings. The van der Waals surface area contributed by atoms with Crippen LogP contribution < -0.4 is 25.3 Å². The molecule has 0 aliphatic carbocycles. The van der Waals surface area contributed by atoms with Crippen molar-refractivity contribution in [1.82, 2.24) is 10.3 Å². The lowest BCUT2D eigenvalue weighted by atomic mass is 9.94. The number of carbonyl (C=O) groups is 2. The molecule has 37 heavy (non-hydrogen) atoms. The summed E-state index contributed by atoms with van der Waals surface area (Å²) in [6.07, 6.45) is 1.01. The number of benzene rings is 2. The average Bonchev–Trinajstić information content (AvgIpc) is 3.19. The third-order valence-electron chi connectivity index (χ3n) is 6.46. The predicted octanol–water partition coefficient (Wildman–Crippen LogP) is 3.38. The Morgan fingerprint density at radius 1 is 1.16 bits per heavy atom. The number of fused-ring (bicyclic) bond motifs is 1. The summed E-state index contributed by atoms with van der Waals surface area (Å²) in [5.41, 5.74) is 7.09. The minimum absolute atomic E-state index is 0.199. The second kappa shape index (κ2) is 11.2. The zero-order valence-corrected chi connectivity index (χ0v) is 20.8. The smallest absolute Gasteiger partial charge is 0.255 e. The van der Waals surface area contributed by atoms with Crippen LogP contribution in [0.3, 0.4) is 0 Å². The van der Waals surface area contributed by atoms with Crippen LogP contribution in [0.4, 0.5) is 4.39 Å². The van der Waals surface area contributed by atoms with E-state index in [1.165, 1.54) is 7.11 Å². The number of primary amides is 1. The monoisotopic (exact) mass is 505 g/mol. The summed E-state index contributed by atoms with van der Waals surface area (Å²) >= 11 is 0. The summed E-state index contributed by atoms with van der Waals surface area (Å²) in [6, 6.07) is 10.3. The molecule has 3 atom stereocenters. The number of hydrogen-bond donors (Lipinski definition) is 2. The summed E-state index contributed by atoms with van der Waals surface area (Å²) in [4.78, 5) is 28.3. The maximum absolute atomic E-state index is 14.1. The number of nitrogens with zero attached hydrogens (tertiary/aromatic N) is 1. The lowest BCUT2D eigenvalue weighted by molar-refractivity contribution is -0.123. The molecule has 0 saturated carbocycles. The Morgan fingerprint density at radius 3 is 2.68 bits per heavy atom. The first-order valence-corrected chi connectivity index (χ1v) is 11.9. The largest absolute Gasteiger partial charge is 0.497 e. The van der Waals surface area contributed by atoms with Crippen molar-refractivity contribution in [2.24, 2.45) is 11.7 Å². The number of halogens is 1. The summed E-state index contributed by atoms with van der Waals surface area (Å²) in [5.74, 6) is 5.83. The van der Waals surface area contributed by atoms with Gasteiger partial charge in [-0.2, -0.15) is 0 Å². The van der Waals surface area contributed by atoms with Gasteiger partial charge in [0, 0.05) is 40.9 Å². The van der Waals surface area contributed by atoms with Crippen LogP contribution in [0.5, 0.6) is 17.4 Å². The molecule has 0 spiro atoms. The number of methoxy groups -OCH3 is 2. The molecule has 3 N–H and O–H groups in total. The molecule has 1 aliphatic heterocycles. The number of nitrogens with two attached hydrogens (primary N) is 1. The molecular weight excluding hydrogens is 477 g/mol. The van der Waals surface area contributed by atoms with Gasteiger partial charge in [-0.3, -0.25) is 9.59 Å². The quantitative estimate of drug-likeness (QED) is 0.454. The van der Waals surface area contributed by atoms with E-state index in [0.717, 1.165) is 5.56 Å². The summed E-state index contributed by atoms with van der Waals surface area (Å²) < 4.78 is 30.7. The summed E-state index contributed by atoms with van der Waals surface area (Å²) in [6.45, 7) is 2.05. The Kier molecular flexibility index (Phi) is 7.77. The molecule has 2 aromatic carbocycles. The molecule has 8 nitrogen and oxygen atoms in total. The van der Waals surface area contributed by atoms with Crippen LogP contribution >= 0.6 is 0 Å². The zero-order valence-electron chi connectivity index (χ0n) is 20.8. The molecule has 1 aliphatic rings. The van der Waals surface area contributed by atoms with Gasteiger partial charge in [-0.1, -0.05) is 24.8 Å². The van der Waals surface area contributed by atoms with E-state index < -0.39 is 23.9 Å². The lowest BCUT2D eigenvalue weighted by Crippen LogP contribution is -2.30. The molecule has 1 fully saturated rings. The van der Waals surface area contributed by atoms with Crippen LogP contribution in [0.15, 0.2) is 42.6 Å². The third kappa shape index (κ3) is 5.43. The first-order chi connectivity index (χ1) is 17.9. The Hall–Kier alpha value is -4.32. The molecule has 0 unspecified atom stereocenters. The highest BCUT2D eigenvalue weighted by atomic mass is 19.1. The van der Waals surface area contributed by atoms with Crippen molar-refractivity contribution in [1.29, 1.82) is 0 Å².